The van der Waals surface area contributed by atoms with Crippen LogP contribution in [-0.2, 0) is 0 Å². The Hall–Kier alpha value is -0.0700. The summed E-state index contributed by atoms with van der Waals surface area (Å²) in [6, 6.07) is 0. The summed E-state index contributed by atoms with van der Waals surface area (Å²) in [5.41, 5.74) is 0. The lowest BCUT2D eigenvalue weighted by atomic mass is 9.93. The fraction of sp³-hybridized carbons (Fsp3) is 1.00. The molecule has 0 radical (unpaired) electrons. The predicted octanol–water partition coefficient (Wildman–Crippen LogP) is 3.81. The number of alkyl halides is 1. The summed E-state index contributed by atoms with van der Waals surface area (Å²) < 4.78 is 12.8. The lowest BCUT2D eigenvalue weighted by Crippen LogP contribution is -2.12. The SMILES string of the molecule is CCC(CCC(C)C)C(C)F. The van der Waals surface area contributed by atoms with Gasteiger partial charge in [0.25, 0.3) is 0 Å². The maximum absolute atomic E-state index is 12.8. The third kappa shape index (κ3) is 5.23. The fourth-order valence-electron chi connectivity index (χ4n) is 1.31. The van der Waals surface area contributed by atoms with Gasteiger partial charge in [-0.2, -0.15) is 0 Å². The molecule has 0 heterocycles. The van der Waals surface area contributed by atoms with Crippen LogP contribution in [0.3, 0.4) is 0 Å². The second-order valence-electron chi connectivity index (χ2n) is 3.82. The molecular weight excluding hydrogens is 139 g/mol. The van der Waals surface area contributed by atoms with Crippen molar-refractivity contribution >= 4 is 0 Å². The average Bonchev–Trinajstić information content (AvgIpc) is 1.87. The van der Waals surface area contributed by atoms with Gasteiger partial charge in [0.1, 0.15) is 6.17 Å². The summed E-state index contributed by atoms with van der Waals surface area (Å²) in [5.74, 6) is 1.00. The molecule has 0 aromatic carbocycles. The standard InChI is InChI=1S/C10H21F/c1-5-10(9(4)11)7-6-8(2)3/h8-10H,5-7H2,1-4H3. The molecule has 0 fully saturated rings. The summed E-state index contributed by atoms with van der Waals surface area (Å²) >= 11 is 0. The van der Waals surface area contributed by atoms with Gasteiger partial charge in [-0.1, -0.05) is 33.6 Å². The van der Waals surface area contributed by atoms with Crippen molar-refractivity contribution in [2.24, 2.45) is 11.8 Å². The average molecular weight is 160 g/mol. The Labute approximate surface area is 70.2 Å². The maximum Gasteiger partial charge on any atom is 0.100 e. The van der Waals surface area contributed by atoms with Crippen LogP contribution in [0, 0.1) is 11.8 Å². The quantitative estimate of drug-likeness (QED) is 0.573. The van der Waals surface area contributed by atoms with Gasteiger partial charge in [-0.05, 0) is 25.2 Å². The van der Waals surface area contributed by atoms with E-state index in [4.69, 9.17) is 0 Å². The number of halogens is 1. The molecule has 0 spiro atoms. The molecule has 0 aliphatic rings. The molecule has 0 rings (SSSR count). The van der Waals surface area contributed by atoms with Crippen LogP contribution in [0.25, 0.3) is 0 Å². The summed E-state index contributed by atoms with van der Waals surface area (Å²) in [5, 5.41) is 0. The third-order valence-corrected chi connectivity index (χ3v) is 2.29. The van der Waals surface area contributed by atoms with Crippen molar-refractivity contribution < 1.29 is 4.39 Å². The first-order valence-corrected chi connectivity index (χ1v) is 4.72. The van der Waals surface area contributed by atoms with Crippen LogP contribution in [0.5, 0.6) is 0 Å². The van der Waals surface area contributed by atoms with E-state index < -0.39 is 6.17 Å². The van der Waals surface area contributed by atoms with Crippen LogP contribution in [0.2, 0.25) is 0 Å². The van der Waals surface area contributed by atoms with Gasteiger partial charge in [-0.15, -0.1) is 0 Å². The van der Waals surface area contributed by atoms with Crippen molar-refractivity contribution in [3.63, 3.8) is 0 Å². The molecule has 2 unspecified atom stereocenters. The Morgan fingerprint density at radius 2 is 1.64 bits per heavy atom. The smallest absolute Gasteiger partial charge is 0.100 e. The van der Waals surface area contributed by atoms with Crippen LogP contribution >= 0.6 is 0 Å². The van der Waals surface area contributed by atoms with E-state index in [1.807, 2.05) is 0 Å². The van der Waals surface area contributed by atoms with Gasteiger partial charge in [0, 0.05) is 0 Å². The minimum atomic E-state index is -0.626. The monoisotopic (exact) mass is 160 g/mol. The highest BCUT2D eigenvalue weighted by molar-refractivity contribution is 4.64. The molecule has 2 atom stereocenters. The molecule has 68 valence electrons. The Morgan fingerprint density at radius 1 is 1.09 bits per heavy atom. The summed E-state index contributed by atoms with van der Waals surface area (Å²) in [6.07, 6.45) is 2.56. The van der Waals surface area contributed by atoms with Crippen molar-refractivity contribution in [2.75, 3.05) is 0 Å². The first-order valence-electron chi connectivity index (χ1n) is 4.72. The van der Waals surface area contributed by atoms with E-state index in [0.29, 0.717) is 5.92 Å². The number of rotatable bonds is 5. The lowest BCUT2D eigenvalue weighted by molar-refractivity contribution is 0.222. The molecule has 1 heteroatoms. The minimum absolute atomic E-state index is 0.289. The van der Waals surface area contributed by atoms with Crippen LogP contribution < -0.4 is 0 Å². The molecule has 0 nitrogen and oxygen atoms in total. The molecule has 0 aromatic heterocycles. The second-order valence-corrected chi connectivity index (χ2v) is 3.82. The van der Waals surface area contributed by atoms with E-state index >= 15 is 0 Å². The van der Waals surface area contributed by atoms with E-state index in [1.165, 1.54) is 0 Å². The first-order chi connectivity index (χ1) is 5.07. The van der Waals surface area contributed by atoms with Gasteiger partial charge in [0.15, 0.2) is 0 Å². The van der Waals surface area contributed by atoms with Crippen molar-refractivity contribution in [1.82, 2.24) is 0 Å². The molecule has 0 saturated heterocycles. The molecule has 0 bridgehead atoms. The van der Waals surface area contributed by atoms with E-state index in [-0.39, 0.29) is 5.92 Å². The molecule has 11 heavy (non-hydrogen) atoms. The van der Waals surface area contributed by atoms with Gasteiger partial charge in [-0.3, -0.25) is 0 Å². The Balaban J connectivity index is 3.52. The Morgan fingerprint density at radius 3 is 1.91 bits per heavy atom. The number of hydrogen-bond acceptors (Lipinski definition) is 0. The van der Waals surface area contributed by atoms with E-state index in [1.54, 1.807) is 6.92 Å². The first kappa shape index (κ1) is 10.9. The largest absolute Gasteiger partial charge is 0.247 e. The molecule has 0 saturated carbocycles. The Bertz CT molecular complexity index is 86.9. The van der Waals surface area contributed by atoms with Gasteiger partial charge >= 0.3 is 0 Å². The zero-order chi connectivity index (χ0) is 8.85. The lowest BCUT2D eigenvalue weighted by Gasteiger charge is -2.16. The van der Waals surface area contributed by atoms with E-state index in [0.717, 1.165) is 19.3 Å². The highest BCUT2D eigenvalue weighted by Gasteiger charge is 2.13. The molecular formula is C10H21F. The predicted molar refractivity (Wildman–Crippen MR) is 48.4 cm³/mol. The van der Waals surface area contributed by atoms with Gasteiger partial charge < -0.3 is 0 Å². The maximum atomic E-state index is 12.8. The molecule has 0 aliphatic heterocycles. The highest BCUT2D eigenvalue weighted by Crippen LogP contribution is 2.20. The molecule has 0 amide bonds. The van der Waals surface area contributed by atoms with Gasteiger partial charge in [-0.25, -0.2) is 4.39 Å². The third-order valence-electron chi connectivity index (χ3n) is 2.29. The van der Waals surface area contributed by atoms with Crippen molar-refractivity contribution in [1.29, 1.82) is 0 Å². The Kier molecular flexibility index (Phi) is 5.53. The van der Waals surface area contributed by atoms with Gasteiger partial charge in [0.05, 0.1) is 0 Å². The van der Waals surface area contributed by atoms with Crippen LogP contribution in [0.4, 0.5) is 4.39 Å². The van der Waals surface area contributed by atoms with Crippen LogP contribution in [0.15, 0.2) is 0 Å². The van der Waals surface area contributed by atoms with Crippen molar-refractivity contribution in [3.8, 4) is 0 Å². The topological polar surface area (TPSA) is 0 Å². The van der Waals surface area contributed by atoms with E-state index in [9.17, 15) is 4.39 Å². The highest BCUT2D eigenvalue weighted by atomic mass is 19.1. The van der Waals surface area contributed by atoms with E-state index in [2.05, 4.69) is 20.8 Å². The summed E-state index contributed by atoms with van der Waals surface area (Å²) in [6.45, 7) is 8.13. The van der Waals surface area contributed by atoms with Crippen LogP contribution in [0.1, 0.15) is 47.0 Å². The molecule has 0 aromatic rings. The summed E-state index contributed by atoms with van der Waals surface area (Å²) in [4.78, 5) is 0. The molecule has 0 aliphatic carbocycles. The minimum Gasteiger partial charge on any atom is -0.247 e. The van der Waals surface area contributed by atoms with Crippen molar-refractivity contribution in [3.05, 3.63) is 0 Å². The summed E-state index contributed by atoms with van der Waals surface area (Å²) in [7, 11) is 0. The van der Waals surface area contributed by atoms with Gasteiger partial charge in [0.2, 0.25) is 0 Å². The zero-order valence-corrected chi connectivity index (χ0v) is 8.23. The fourth-order valence-corrected chi connectivity index (χ4v) is 1.31. The van der Waals surface area contributed by atoms with Crippen molar-refractivity contribution in [2.45, 2.75) is 53.1 Å². The second kappa shape index (κ2) is 5.56. The molecule has 0 N–H and O–H groups in total. The zero-order valence-electron chi connectivity index (χ0n) is 8.23. The normalized spacial score (nSPS) is 16.9. The van der Waals surface area contributed by atoms with Crippen LogP contribution in [-0.4, -0.2) is 6.17 Å². The number of hydrogen-bond donors (Lipinski definition) is 0.